The topological polar surface area (TPSA) is 0 Å². The fourth-order valence-corrected chi connectivity index (χ4v) is 10.8. The van der Waals surface area contributed by atoms with Crippen LogP contribution in [-0.4, -0.2) is 16.8 Å². The fraction of sp³-hybridized carbons (Fsp3) is 1.00. The van der Waals surface area contributed by atoms with Gasteiger partial charge in [-0.05, 0) is 36.3 Å². The van der Waals surface area contributed by atoms with Crippen molar-refractivity contribution in [2.45, 2.75) is 122 Å². The van der Waals surface area contributed by atoms with Crippen LogP contribution < -0.4 is 0 Å². The second-order valence-electron chi connectivity index (χ2n) is 7.57. The molecule has 0 aliphatic rings. The summed E-state index contributed by atoms with van der Waals surface area (Å²) in [6.45, 7) is 8.43. The molecule has 0 N–H and O–H groups in total. The molecule has 0 bridgehead atoms. The molecule has 23 heavy (non-hydrogen) atoms. The standard InChI is InChI=1S/C19H42F2Si2/c1-5-14-22(20,15-6-2)18-12-10-9-11-13-19-23(21,16-7-3)17-8-4/h5-19H2,1-4H3. The van der Waals surface area contributed by atoms with Crippen molar-refractivity contribution in [2.75, 3.05) is 0 Å². The van der Waals surface area contributed by atoms with Gasteiger partial charge in [-0.25, -0.2) is 0 Å². The number of hydrogen-bond acceptors (Lipinski definition) is 0. The van der Waals surface area contributed by atoms with Gasteiger partial charge in [-0.15, -0.1) is 0 Å². The van der Waals surface area contributed by atoms with Crippen LogP contribution in [-0.2, 0) is 0 Å². The lowest BCUT2D eigenvalue weighted by Gasteiger charge is -2.22. The average molecular weight is 365 g/mol. The molecule has 0 rings (SSSR count). The summed E-state index contributed by atoms with van der Waals surface area (Å²) in [6.07, 6.45) is 9.59. The number of unbranched alkanes of at least 4 members (excludes halogenated alkanes) is 4. The van der Waals surface area contributed by atoms with Crippen LogP contribution >= 0.6 is 0 Å². The van der Waals surface area contributed by atoms with E-state index >= 15 is 0 Å². The first-order valence-corrected chi connectivity index (χ1v) is 15.3. The Morgan fingerprint density at radius 1 is 0.435 bits per heavy atom. The first-order chi connectivity index (χ1) is 10.9. The highest BCUT2D eigenvalue weighted by molar-refractivity contribution is 6.73. The molecule has 0 atom stereocenters. The average Bonchev–Trinajstić information content (AvgIpc) is 2.47. The first-order valence-electron chi connectivity index (χ1n) is 10.3. The van der Waals surface area contributed by atoms with Gasteiger partial charge in [0.2, 0.25) is 16.8 Å². The third kappa shape index (κ3) is 11.5. The lowest BCUT2D eigenvalue weighted by Crippen LogP contribution is -2.27. The van der Waals surface area contributed by atoms with Gasteiger partial charge >= 0.3 is 0 Å². The number of rotatable bonds is 16. The summed E-state index contributed by atoms with van der Waals surface area (Å²) in [5, 5.41) is 0. The van der Waals surface area contributed by atoms with Gasteiger partial charge in [-0.1, -0.05) is 85.5 Å². The molecule has 0 aromatic rings. The quantitative estimate of drug-likeness (QED) is 0.146. The maximum absolute atomic E-state index is 14.8. The van der Waals surface area contributed by atoms with E-state index in [2.05, 4.69) is 27.7 Å². The Labute approximate surface area is 147 Å². The monoisotopic (exact) mass is 364 g/mol. The van der Waals surface area contributed by atoms with Crippen LogP contribution in [0.5, 0.6) is 0 Å². The van der Waals surface area contributed by atoms with Crippen molar-refractivity contribution in [2.24, 2.45) is 0 Å². The number of hydrogen-bond donors (Lipinski definition) is 0. The summed E-state index contributed by atoms with van der Waals surface area (Å²) in [5.74, 6) is 0. The van der Waals surface area contributed by atoms with Crippen LogP contribution in [0.1, 0.15) is 85.5 Å². The molecule has 0 fully saturated rings. The molecular weight excluding hydrogens is 322 g/mol. The first kappa shape index (κ1) is 23.3. The normalized spacial score (nSPS) is 12.8. The molecule has 4 heteroatoms. The minimum absolute atomic E-state index is 0.852. The Kier molecular flexibility index (Phi) is 13.7. The Morgan fingerprint density at radius 2 is 0.696 bits per heavy atom. The Balaban J connectivity index is 3.83. The van der Waals surface area contributed by atoms with E-state index in [1.54, 1.807) is 0 Å². The van der Waals surface area contributed by atoms with Crippen LogP contribution in [0.2, 0.25) is 36.3 Å². The van der Waals surface area contributed by atoms with Gasteiger partial charge in [-0.3, -0.25) is 0 Å². The zero-order chi connectivity index (χ0) is 17.6. The minimum Gasteiger partial charge on any atom is -0.314 e. The fourth-order valence-electron chi connectivity index (χ4n) is 3.96. The maximum atomic E-state index is 14.8. The zero-order valence-corrected chi connectivity index (χ0v) is 18.4. The molecule has 0 amide bonds. The van der Waals surface area contributed by atoms with Gasteiger partial charge in [0.15, 0.2) is 0 Å². The van der Waals surface area contributed by atoms with Gasteiger partial charge < -0.3 is 8.22 Å². The highest BCUT2D eigenvalue weighted by Gasteiger charge is 2.32. The van der Waals surface area contributed by atoms with Crippen molar-refractivity contribution in [1.29, 1.82) is 0 Å². The van der Waals surface area contributed by atoms with E-state index in [-0.39, 0.29) is 0 Å². The van der Waals surface area contributed by atoms with Crippen molar-refractivity contribution >= 4 is 16.8 Å². The van der Waals surface area contributed by atoms with Gasteiger partial charge in [0, 0.05) is 0 Å². The van der Waals surface area contributed by atoms with E-state index in [0.29, 0.717) is 0 Å². The largest absolute Gasteiger partial charge is 0.314 e. The predicted molar refractivity (Wildman–Crippen MR) is 107 cm³/mol. The van der Waals surface area contributed by atoms with Gasteiger partial charge in [-0.2, -0.15) is 0 Å². The lowest BCUT2D eigenvalue weighted by atomic mass is 10.2. The Bertz CT molecular complexity index is 234. The molecule has 0 aliphatic carbocycles. The summed E-state index contributed by atoms with van der Waals surface area (Å²) < 4.78 is 29.6. The molecule has 0 aliphatic heterocycles. The van der Waals surface area contributed by atoms with Crippen molar-refractivity contribution in [3.8, 4) is 0 Å². The molecule has 0 nitrogen and oxygen atoms in total. The SMILES string of the molecule is CCC[Si](F)(CCC)CCCCCCC[Si](F)(CCC)CCC. The molecule has 0 heterocycles. The van der Waals surface area contributed by atoms with Crippen molar-refractivity contribution < 1.29 is 8.22 Å². The molecular formula is C19H42F2Si2. The van der Waals surface area contributed by atoms with Gasteiger partial charge in [0.25, 0.3) is 0 Å². The van der Waals surface area contributed by atoms with E-state index in [1.807, 2.05) is 0 Å². The molecule has 0 spiro atoms. The van der Waals surface area contributed by atoms with Crippen LogP contribution in [0.25, 0.3) is 0 Å². The highest BCUT2D eigenvalue weighted by Crippen LogP contribution is 2.30. The molecule has 0 saturated carbocycles. The van der Waals surface area contributed by atoms with Gasteiger partial charge in [0.1, 0.15) is 0 Å². The highest BCUT2D eigenvalue weighted by atomic mass is 28.4. The van der Waals surface area contributed by atoms with E-state index in [9.17, 15) is 8.22 Å². The molecule has 0 unspecified atom stereocenters. The lowest BCUT2D eigenvalue weighted by molar-refractivity contribution is 0.616. The summed E-state index contributed by atoms with van der Waals surface area (Å²) in [4.78, 5) is 0. The zero-order valence-electron chi connectivity index (χ0n) is 16.4. The Hall–Kier alpha value is 0.294. The number of halogens is 2. The summed E-state index contributed by atoms with van der Waals surface area (Å²) in [5.41, 5.74) is 0. The third-order valence-electron chi connectivity index (χ3n) is 5.04. The summed E-state index contributed by atoms with van der Waals surface area (Å²) >= 11 is 0. The molecule has 0 aromatic carbocycles. The molecule has 0 saturated heterocycles. The van der Waals surface area contributed by atoms with Crippen LogP contribution in [0.4, 0.5) is 8.22 Å². The second kappa shape index (κ2) is 13.6. The van der Waals surface area contributed by atoms with Crippen LogP contribution in [0, 0.1) is 0 Å². The van der Waals surface area contributed by atoms with E-state index < -0.39 is 16.8 Å². The molecule has 0 radical (unpaired) electrons. The Morgan fingerprint density at radius 3 is 0.957 bits per heavy atom. The van der Waals surface area contributed by atoms with E-state index in [0.717, 1.165) is 87.6 Å². The smallest absolute Gasteiger partial charge is 0.247 e. The van der Waals surface area contributed by atoms with Crippen molar-refractivity contribution in [3.05, 3.63) is 0 Å². The van der Waals surface area contributed by atoms with Crippen molar-refractivity contribution in [1.82, 2.24) is 0 Å². The predicted octanol–water partition coefficient (Wildman–Crippen LogP) is 8.41. The van der Waals surface area contributed by atoms with E-state index in [4.69, 9.17) is 0 Å². The summed E-state index contributed by atoms with van der Waals surface area (Å²) in [7, 11) is -4.84. The second-order valence-corrected chi connectivity index (χ2v) is 15.2. The summed E-state index contributed by atoms with van der Waals surface area (Å²) in [6, 6.07) is 5.13. The third-order valence-corrected chi connectivity index (χ3v) is 13.1. The molecule has 140 valence electrons. The van der Waals surface area contributed by atoms with E-state index in [1.165, 1.54) is 6.42 Å². The van der Waals surface area contributed by atoms with Gasteiger partial charge in [0.05, 0.1) is 0 Å². The molecule has 0 aromatic heterocycles. The van der Waals surface area contributed by atoms with Crippen molar-refractivity contribution in [3.63, 3.8) is 0 Å². The maximum Gasteiger partial charge on any atom is 0.247 e. The minimum atomic E-state index is -2.42. The van der Waals surface area contributed by atoms with Crippen LogP contribution in [0.15, 0.2) is 0 Å². The van der Waals surface area contributed by atoms with Crippen LogP contribution in [0.3, 0.4) is 0 Å².